The Morgan fingerprint density at radius 2 is 0.845 bits per heavy atom. The molecule has 7 saturated heterocycles. The fourth-order valence-corrected chi connectivity index (χ4v) is 10.7. The first-order valence-electron chi connectivity index (χ1n) is 26.6. The molecule has 488 valence electrons. The topological polar surface area (TPSA) is 603 Å². The standard InChI is InChI=1S/C46H78N2O36/c1-11(55)47-20-36(82-44-32(68)28(64)24(60)15(4-50)77-44)25(61)16(5-51)75-42(20)83-38-26(62)19(79-45(33(38)69)80-34-17(6-52)74-40(71)30(66)29(34)65)9-72-41-21(48-12(2)56)37(84-46(10-54)39(70)22(58)13(57)8-73-46)35(18(7-53)78-41)81-43-31(67)27(63)23(59)14(3-49)76-43/h13-45,49-54,57-71H,3-10H2,1-2H3,(H,47,55)(H,48,56)/t13-,14+,15+,16+,17+,18+,19+,20+,21+,22-,23-,24-,25+,26-,27-,28-,29+,30+,31+,32+,33+,34+,35+,36+,37+,38-,39+,40?,41+,42-,43-,44-,45-,46-/m0/s1. The molecule has 0 radical (unpaired) electrons. The average molecular weight is 1240 g/mol. The Kier molecular flexibility index (Phi) is 24.2. The van der Waals surface area contributed by atoms with Crippen molar-refractivity contribution in [2.45, 2.75) is 222 Å². The maximum absolute atomic E-state index is 13.1. The highest BCUT2D eigenvalue weighted by Gasteiger charge is 2.61. The lowest BCUT2D eigenvalue weighted by molar-refractivity contribution is -0.404. The molecule has 2 amide bonds. The van der Waals surface area contributed by atoms with Crippen LogP contribution in [0, 0.1) is 0 Å². The van der Waals surface area contributed by atoms with Gasteiger partial charge in [0.05, 0.1) is 46.2 Å². The predicted octanol–water partition coefficient (Wildman–Crippen LogP) is -16.0. The first kappa shape index (κ1) is 69.1. The number of aliphatic hydroxyl groups is 21. The summed E-state index contributed by atoms with van der Waals surface area (Å²) in [6.07, 6.45) is -62.6. The number of carbonyl (C=O) groups excluding carboxylic acids is 2. The molecule has 7 aliphatic heterocycles. The van der Waals surface area contributed by atoms with Crippen LogP contribution in [0.15, 0.2) is 0 Å². The number of rotatable bonds is 21. The van der Waals surface area contributed by atoms with Gasteiger partial charge in [0, 0.05) is 13.8 Å². The van der Waals surface area contributed by atoms with E-state index in [1.165, 1.54) is 0 Å². The second-order valence-electron chi connectivity index (χ2n) is 21.1. The van der Waals surface area contributed by atoms with Crippen molar-refractivity contribution in [1.29, 1.82) is 0 Å². The molecule has 0 spiro atoms. The SMILES string of the molecule is CC(=O)N[C@H]1[C@H](OC[C@H]2O[C@@H](O[C@H]3[C@H](O)[C@@H](O)C(O)O[C@@H]3CO)[C@H](O)[C@@H](O[C@@H]3O[C@H](CO)[C@@H](O)[C@H](O[C@@H]4O[C@H](CO)[C@H](O)[C@H](O)[C@H]4O)[C@H]3NC(C)=O)[C@H]2O)O[C@H](CO)[C@@H](O[C@@H]2O[C@H](CO)[C@H](O)[C@H](O)[C@H]2O)[C@@H]1O[C@]1(CO)OC[C@H](O)[C@H](O)[C@H]1O. The van der Waals surface area contributed by atoms with E-state index >= 15 is 0 Å². The van der Waals surface area contributed by atoms with Gasteiger partial charge in [-0.25, -0.2) is 0 Å². The summed E-state index contributed by atoms with van der Waals surface area (Å²) in [5, 5.41) is 231. The highest BCUT2D eigenvalue weighted by atomic mass is 16.8. The van der Waals surface area contributed by atoms with Crippen LogP contribution < -0.4 is 10.6 Å². The molecule has 23 N–H and O–H groups in total. The molecule has 1 unspecified atom stereocenters. The molecule has 0 aromatic heterocycles. The van der Waals surface area contributed by atoms with Gasteiger partial charge in [-0.2, -0.15) is 0 Å². The molecule has 0 aromatic rings. The Labute approximate surface area is 475 Å². The molecule has 7 heterocycles. The first-order chi connectivity index (χ1) is 39.7. The summed E-state index contributed by atoms with van der Waals surface area (Å²) in [6, 6.07) is -3.77. The molecule has 0 aliphatic carbocycles. The average Bonchev–Trinajstić information content (AvgIpc) is 1.40. The molecule has 7 fully saturated rings. The number of carbonyl (C=O) groups is 2. The summed E-state index contributed by atoms with van der Waals surface area (Å²) in [4.78, 5) is 26.0. The van der Waals surface area contributed by atoms with E-state index in [9.17, 15) is 117 Å². The zero-order chi connectivity index (χ0) is 62.0. The molecule has 7 rings (SSSR count). The highest BCUT2D eigenvalue weighted by molar-refractivity contribution is 5.73. The molecule has 34 atom stereocenters. The first-order valence-corrected chi connectivity index (χ1v) is 26.6. The highest BCUT2D eigenvalue weighted by Crippen LogP contribution is 2.39. The van der Waals surface area contributed by atoms with Gasteiger partial charge >= 0.3 is 0 Å². The number of hydrogen-bond donors (Lipinski definition) is 23. The van der Waals surface area contributed by atoms with Crippen LogP contribution in [0.3, 0.4) is 0 Å². The van der Waals surface area contributed by atoms with Crippen molar-refractivity contribution in [2.75, 3.05) is 52.9 Å². The van der Waals surface area contributed by atoms with Crippen molar-refractivity contribution in [3.63, 3.8) is 0 Å². The summed E-state index contributed by atoms with van der Waals surface area (Å²) in [5.74, 6) is -4.64. The third-order valence-electron chi connectivity index (χ3n) is 15.4. The molecule has 84 heavy (non-hydrogen) atoms. The van der Waals surface area contributed by atoms with Gasteiger partial charge in [-0.3, -0.25) is 9.59 Å². The van der Waals surface area contributed by atoms with Crippen molar-refractivity contribution < 1.29 is 178 Å². The number of hydrogen-bond acceptors (Lipinski definition) is 36. The second kappa shape index (κ2) is 29.5. The minimum atomic E-state index is -2.78. The van der Waals surface area contributed by atoms with Crippen molar-refractivity contribution in [3.05, 3.63) is 0 Å². The Bertz CT molecular complexity index is 2080. The van der Waals surface area contributed by atoms with E-state index in [4.69, 9.17) is 61.6 Å². The van der Waals surface area contributed by atoms with Crippen LogP contribution in [-0.4, -0.2) is 380 Å². The van der Waals surface area contributed by atoms with Crippen LogP contribution in [0.4, 0.5) is 0 Å². The lowest BCUT2D eigenvalue weighted by atomic mass is 9.92. The maximum atomic E-state index is 13.1. The summed E-state index contributed by atoms with van der Waals surface area (Å²) in [5.41, 5.74) is 0. The van der Waals surface area contributed by atoms with Gasteiger partial charge in [-0.05, 0) is 0 Å². The van der Waals surface area contributed by atoms with Crippen LogP contribution in [0.1, 0.15) is 13.8 Å². The minimum Gasteiger partial charge on any atom is -0.394 e. The van der Waals surface area contributed by atoms with Gasteiger partial charge in [0.1, 0.15) is 171 Å². The summed E-state index contributed by atoms with van der Waals surface area (Å²) in [6.45, 7) is -6.48. The van der Waals surface area contributed by atoms with E-state index in [0.717, 1.165) is 13.8 Å². The van der Waals surface area contributed by atoms with Crippen molar-refractivity contribution >= 4 is 11.8 Å². The molecule has 0 saturated carbocycles. The largest absolute Gasteiger partial charge is 0.394 e. The van der Waals surface area contributed by atoms with E-state index in [-0.39, 0.29) is 0 Å². The molecule has 38 nitrogen and oxygen atoms in total. The molecule has 0 bridgehead atoms. The maximum Gasteiger partial charge on any atom is 0.221 e. The fraction of sp³-hybridized carbons (Fsp3) is 0.957. The van der Waals surface area contributed by atoms with Gasteiger partial charge < -0.3 is 179 Å². The normalized spacial score (nSPS) is 50.3. The zero-order valence-corrected chi connectivity index (χ0v) is 44.7. The smallest absolute Gasteiger partial charge is 0.221 e. The molecule has 0 aromatic carbocycles. The quantitative estimate of drug-likeness (QED) is 0.0507. The third-order valence-corrected chi connectivity index (χ3v) is 15.4. The third kappa shape index (κ3) is 14.4. The Morgan fingerprint density at radius 1 is 0.417 bits per heavy atom. The van der Waals surface area contributed by atoms with Crippen LogP contribution in [-0.2, 0) is 71.2 Å². The summed E-state index contributed by atoms with van der Waals surface area (Å²) in [7, 11) is 0. The van der Waals surface area contributed by atoms with Gasteiger partial charge in [0.2, 0.25) is 17.6 Å². The van der Waals surface area contributed by atoms with Gasteiger partial charge in [0.25, 0.3) is 0 Å². The summed E-state index contributed by atoms with van der Waals surface area (Å²) >= 11 is 0. The van der Waals surface area contributed by atoms with E-state index in [1.807, 2.05) is 0 Å². The number of amides is 2. The van der Waals surface area contributed by atoms with E-state index < -0.39 is 273 Å². The van der Waals surface area contributed by atoms with E-state index in [0.29, 0.717) is 0 Å². The van der Waals surface area contributed by atoms with Crippen molar-refractivity contribution in [1.82, 2.24) is 10.6 Å². The van der Waals surface area contributed by atoms with Crippen LogP contribution in [0.2, 0.25) is 0 Å². The van der Waals surface area contributed by atoms with Crippen LogP contribution in [0.5, 0.6) is 0 Å². The Morgan fingerprint density at radius 3 is 1.37 bits per heavy atom. The number of aliphatic hydroxyl groups excluding tert-OH is 21. The van der Waals surface area contributed by atoms with Gasteiger partial charge in [-0.15, -0.1) is 0 Å². The Balaban J connectivity index is 1.25. The fourth-order valence-electron chi connectivity index (χ4n) is 10.7. The molecular weight excluding hydrogens is 1160 g/mol. The molecule has 38 heteroatoms. The van der Waals surface area contributed by atoms with Gasteiger partial charge in [0.15, 0.2) is 37.7 Å². The predicted molar refractivity (Wildman–Crippen MR) is 255 cm³/mol. The van der Waals surface area contributed by atoms with Crippen molar-refractivity contribution in [3.8, 4) is 0 Å². The van der Waals surface area contributed by atoms with E-state index in [2.05, 4.69) is 10.6 Å². The summed E-state index contributed by atoms with van der Waals surface area (Å²) < 4.78 is 75.8. The Hall–Kier alpha value is -2.42. The van der Waals surface area contributed by atoms with Crippen molar-refractivity contribution in [2.24, 2.45) is 0 Å². The monoisotopic (exact) mass is 1230 g/mol. The lowest BCUT2D eigenvalue weighted by Crippen LogP contribution is -2.72. The zero-order valence-electron chi connectivity index (χ0n) is 44.7. The van der Waals surface area contributed by atoms with E-state index in [1.54, 1.807) is 0 Å². The lowest BCUT2D eigenvalue weighted by Gasteiger charge is -2.52. The molecular formula is C46H78N2O36. The van der Waals surface area contributed by atoms with Gasteiger partial charge in [-0.1, -0.05) is 0 Å². The minimum absolute atomic E-state index is 0.823. The number of nitrogens with one attached hydrogen (secondary N) is 2. The second-order valence-corrected chi connectivity index (χ2v) is 21.1. The van der Waals surface area contributed by atoms with Crippen LogP contribution >= 0.6 is 0 Å². The number of ether oxygens (including phenoxy) is 13. The molecule has 7 aliphatic rings. The van der Waals surface area contributed by atoms with Crippen LogP contribution in [0.25, 0.3) is 0 Å².